The lowest BCUT2D eigenvalue weighted by Crippen LogP contribution is -2.48. The first-order valence-electron chi connectivity index (χ1n) is 4.00. The van der Waals surface area contributed by atoms with E-state index in [1.54, 1.807) is 0 Å². The molecule has 0 spiro atoms. The molecule has 1 aliphatic rings. The Bertz CT molecular complexity index is 157. The SMILES string of the molecule is O=C(O)N1CCN(CCF)CC1. The van der Waals surface area contributed by atoms with Crippen molar-refractivity contribution in [2.75, 3.05) is 39.4 Å². The quantitative estimate of drug-likeness (QED) is 0.656. The zero-order valence-electron chi connectivity index (χ0n) is 6.87. The maximum Gasteiger partial charge on any atom is 0.407 e. The number of nitrogens with zero attached hydrogens (tertiary/aromatic N) is 2. The Balaban J connectivity index is 2.25. The van der Waals surface area contributed by atoms with Crippen molar-refractivity contribution in [3.8, 4) is 0 Å². The smallest absolute Gasteiger partial charge is 0.407 e. The highest BCUT2D eigenvalue weighted by atomic mass is 19.1. The van der Waals surface area contributed by atoms with E-state index in [0.717, 1.165) is 0 Å². The van der Waals surface area contributed by atoms with Crippen molar-refractivity contribution >= 4 is 6.09 Å². The van der Waals surface area contributed by atoms with Crippen molar-refractivity contribution in [3.63, 3.8) is 0 Å². The summed E-state index contributed by atoms with van der Waals surface area (Å²) in [5.41, 5.74) is 0. The Kier molecular flexibility index (Phi) is 3.28. The summed E-state index contributed by atoms with van der Waals surface area (Å²) in [7, 11) is 0. The second-order valence-corrected chi connectivity index (χ2v) is 2.80. The van der Waals surface area contributed by atoms with Gasteiger partial charge in [0.1, 0.15) is 6.67 Å². The first-order valence-corrected chi connectivity index (χ1v) is 4.00. The van der Waals surface area contributed by atoms with E-state index >= 15 is 0 Å². The average Bonchev–Trinajstić information content (AvgIpc) is 2.06. The monoisotopic (exact) mass is 176 g/mol. The van der Waals surface area contributed by atoms with Gasteiger partial charge in [-0.15, -0.1) is 0 Å². The van der Waals surface area contributed by atoms with Crippen LogP contribution in [0.15, 0.2) is 0 Å². The highest BCUT2D eigenvalue weighted by Gasteiger charge is 2.19. The number of hydrogen-bond acceptors (Lipinski definition) is 2. The predicted molar refractivity (Wildman–Crippen MR) is 42.0 cm³/mol. The van der Waals surface area contributed by atoms with Gasteiger partial charge >= 0.3 is 6.09 Å². The highest BCUT2D eigenvalue weighted by Crippen LogP contribution is 2.00. The summed E-state index contributed by atoms with van der Waals surface area (Å²) in [4.78, 5) is 13.7. The number of hydrogen-bond donors (Lipinski definition) is 1. The molecule has 0 saturated carbocycles. The van der Waals surface area contributed by atoms with Gasteiger partial charge in [-0.1, -0.05) is 0 Å². The van der Waals surface area contributed by atoms with E-state index < -0.39 is 6.09 Å². The second kappa shape index (κ2) is 4.25. The van der Waals surface area contributed by atoms with Crippen LogP contribution in [0.4, 0.5) is 9.18 Å². The normalized spacial score (nSPS) is 19.6. The predicted octanol–water partition coefficient (Wildman–Crippen LogP) is 0.252. The largest absolute Gasteiger partial charge is 0.465 e. The van der Waals surface area contributed by atoms with Gasteiger partial charge in [0, 0.05) is 32.7 Å². The summed E-state index contributed by atoms with van der Waals surface area (Å²) in [6.45, 7) is 2.36. The van der Waals surface area contributed by atoms with Crippen LogP contribution in [0.25, 0.3) is 0 Å². The minimum atomic E-state index is -0.880. The fraction of sp³-hybridized carbons (Fsp3) is 0.857. The number of alkyl halides is 1. The summed E-state index contributed by atoms with van der Waals surface area (Å²) in [5, 5.41) is 8.59. The van der Waals surface area contributed by atoms with Crippen LogP contribution in [0, 0.1) is 0 Å². The number of carbonyl (C=O) groups is 1. The van der Waals surface area contributed by atoms with Crippen molar-refractivity contribution in [1.82, 2.24) is 9.80 Å². The zero-order valence-corrected chi connectivity index (χ0v) is 6.87. The van der Waals surface area contributed by atoms with Crippen LogP contribution in [0.5, 0.6) is 0 Å². The lowest BCUT2D eigenvalue weighted by Gasteiger charge is -2.32. The molecule has 70 valence electrons. The molecular weight excluding hydrogens is 163 g/mol. The van der Waals surface area contributed by atoms with Gasteiger partial charge in [0.25, 0.3) is 0 Å². The Hall–Kier alpha value is -0.840. The molecule has 1 fully saturated rings. The van der Waals surface area contributed by atoms with Gasteiger partial charge in [-0.3, -0.25) is 4.90 Å². The van der Waals surface area contributed by atoms with Crippen LogP contribution < -0.4 is 0 Å². The Morgan fingerprint density at radius 1 is 1.33 bits per heavy atom. The van der Waals surface area contributed by atoms with Crippen molar-refractivity contribution in [1.29, 1.82) is 0 Å². The van der Waals surface area contributed by atoms with Crippen LogP contribution in [0.2, 0.25) is 0 Å². The van der Waals surface area contributed by atoms with Gasteiger partial charge in [-0.2, -0.15) is 0 Å². The van der Waals surface area contributed by atoms with Crippen LogP contribution in [-0.2, 0) is 0 Å². The average molecular weight is 176 g/mol. The van der Waals surface area contributed by atoms with Gasteiger partial charge in [-0.05, 0) is 0 Å². The molecule has 0 aromatic rings. The molecule has 0 aromatic heterocycles. The number of piperazine rings is 1. The number of carboxylic acid groups (broad SMARTS) is 1. The van der Waals surface area contributed by atoms with Crippen LogP contribution in [0.3, 0.4) is 0 Å². The third kappa shape index (κ3) is 2.34. The Morgan fingerprint density at radius 2 is 1.92 bits per heavy atom. The van der Waals surface area contributed by atoms with E-state index in [1.807, 2.05) is 4.90 Å². The van der Waals surface area contributed by atoms with Gasteiger partial charge in [0.05, 0.1) is 0 Å². The zero-order chi connectivity index (χ0) is 8.97. The highest BCUT2D eigenvalue weighted by molar-refractivity contribution is 5.65. The minimum Gasteiger partial charge on any atom is -0.465 e. The van der Waals surface area contributed by atoms with E-state index in [4.69, 9.17) is 5.11 Å². The first kappa shape index (κ1) is 9.25. The number of amides is 1. The molecule has 0 bridgehead atoms. The van der Waals surface area contributed by atoms with Crippen molar-refractivity contribution in [2.24, 2.45) is 0 Å². The van der Waals surface area contributed by atoms with Crippen LogP contribution in [0.1, 0.15) is 0 Å². The fourth-order valence-corrected chi connectivity index (χ4v) is 1.28. The summed E-state index contributed by atoms with van der Waals surface area (Å²) in [6.07, 6.45) is -0.880. The van der Waals surface area contributed by atoms with Crippen LogP contribution >= 0.6 is 0 Å². The van der Waals surface area contributed by atoms with E-state index in [9.17, 15) is 9.18 Å². The maximum atomic E-state index is 11.9. The van der Waals surface area contributed by atoms with Gasteiger partial charge in [0.2, 0.25) is 0 Å². The second-order valence-electron chi connectivity index (χ2n) is 2.80. The molecule has 0 unspecified atom stereocenters. The van der Waals surface area contributed by atoms with Crippen molar-refractivity contribution in [3.05, 3.63) is 0 Å². The molecule has 1 aliphatic heterocycles. The lowest BCUT2D eigenvalue weighted by molar-refractivity contribution is 0.103. The van der Waals surface area contributed by atoms with E-state index in [2.05, 4.69) is 0 Å². The summed E-state index contributed by atoms with van der Waals surface area (Å²) >= 11 is 0. The Labute approximate surface area is 70.6 Å². The standard InChI is InChI=1S/C7H13FN2O2/c8-1-2-9-3-5-10(6-4-9)7(11)12/h1-6H2,(H,11,12). The van der Waals surface area contributed by atoms with Crippen LogP contribution in [-0.4, -0.2) is 60.4 Å². The molecular formula is C7H13FN2O2. The molecule has 1 saturated heterocycles. The Morgan fingerprint density at radius 3 is 2.33 bits per heavy atom. The van der Waals surface area contributed by atoms with E-state index in [0.29, 0.717) is 32.7 Å². The topological polar surface area (TPSA) is 43.8 Å². The molecule has 1 N–H and O–H groups in total. The third-order valence-corrected chi connectivity index (χ3v) is 2.04. The fourth-order valence-electron chi connectivity index (χ4n) is 1.28. The van der Waals surface area contributed by atoms with Gasteiger partial charge in [0.15, 0.2) is 0 Å². The molecule has 0 aromatic carbocycles. The summed E-state index contributed by atoms with van der Waals surface area (Å²) in [5.74, 6) is 0. The van der Waals surface area contributed by atoms with Gasteiger partial charge in [-0.25, -0.2) is 9.18 Å². The van der Waals surface area contributed by atoms with Crippen molar-refractivity contribution < 1.29 is 14.3 Å². The summed E-state index contributed by atoms with van der Waals surface area (Å²) < 4.78 is 11.9. The number of halogens is 1. The maximum absolute atomic E-state index is 11.9. The molecule has 1 rings (SSSR count). The first-order chi connectivity index (χ1) is 5.74. The number of rotatable bonds is 2. The van der Waals surface area contributed by atoms with Gasteiger partial charge < -0.3 is 10.0 Å². The molecule has 1 amide bonds. The minimum absolute atomic E-state index is 0.354. The summed E-state index contributed by atoms with van der Waals surface area (Å²) in [6, 6.07) is 0. The van der Waals surface area contributed by atoms with E-state index in [-0.39, 0.29) is 6.67 Å². The van der Waals surface area contributed by atoms with Crippen molar-refractivity contribution in [2.45, 2.75) is 0 Å². The molecule has 0 atom stereocenters. The molecule has 0 aliphatic carbocycles. The molecule has 12 heavy (non-hydrogen) atoms. The molecule has 1 heterocycles. The third-order valence-electron chi connectivity index (χ3n) is 2.04. The molecule has 0 radical (unpaired) electrons. The lowest BCUT2D eigenvalue weighted by atomic mass is 10.3. The molecule has 5 heteroatoms. The molecule has 4 nitrogen and oxygen atoms in total. The van der Waals surface area contributed by atoms with E-state index in [1.165, 1.54) is 4.90 Å².